The molecule has 1 unspecified atom stereocenters. The van der Waals surface area contributed by atoms with E-state index in [1.54, 1.807) is 12.1 Å². The van der Waals surface area contributed by atoms with Gasteiger partial charge in [0.15, 0.2) is 5.13 Å². The van der Waals surface area contributed by atoms with E-state index in [9.17, 15) is 13.2 Å². The number of carbonyl (C=O) groups excluding carboxylic acids is 1. The Morgan fingerprint density at radius 2 is 1.66 bits per heavy atom. The lowest BCUT2D eigenvalue weighted by atomic mass is 10.0. The maximum absolute atomic E-state index is 13.3. The molecule has 3 aromatic carbocycles. The van der Waals surface area contributed by atoms with Crippen molar-refractivity contribution in [2.24, 2.45) is 0 Å². The number of aromatic nitrogens is 1. The van der Waals surface area contributed by atoms with E-state index in [1.807, 2.05) is 18.2 Å². The van der Waals surface area contributed by atoms with Gasteiger partial charge >= 0.3 is 0 Å². The van der Waals surface area contributed by atoms with Crippen LogP contribution in [-0.4, -0.2) is 36.2 Å². The first-order chi connectivity index (χ1) is 18.4. The Morgan fingerprint density at radius 1 is 1.00 bits per heavy atom. The first-order valence-corrected chi connectivity index (χ1v) is 15.2. The largest absolute Gasteiger partial charge is 0.301 e. The topological polar surface area (TPSA) is 79.4 Å². The summed E-state index contributed by atoms with van der Waals surface area (Å²) in [7, 11) is -3.83. The van der Waals surface area contributed by atoms with E-state index in [0.29, 0.717) is 29.5 Å². The Balaban J connectivity index is 1.36. The van der Waals surface area contributed by atoms with Crippen LogP contribution in [0.25, 0.3) is 22.4 Å². The van der Waals surface area contributed by atoms with Crippen LogP contribution in [0.3, 0.4) is 0 Å². The number of sulfonamides is 1. The number of amides is 1. The summed E-state index contributed by atoms with van der Waals surface area (Å²) >= 11 is 7.38. The van der Waals surface area contributed by atoms with Gasteiger partial charge in [0, 0.05) is 22.0 Å². The van der Waals surface area contributed by atoms with Crippen molar-refractivity contribution in [2.45, 2.75) is 43.5 Å². The molecule has 1 N–H and O–H groups in total. The molecule has 2 heterocycles. The number of hydrogen-bond acceptors (Lipinski definition) is 5. The molecule has 1 amide bonds. The van der Waals surface area contributed by atoms with Crippen LogP contribution in [0.4, 0.5) is 5.13 Å². The molecule has 0 spiro atoms. The highest BCUT2D eigenvalue weighted by Gasteiger charge is 2.39. The lowest BCUT2D eigenvalue weighted by molar-refractivity contribution is -0.119. The number of hydrogen-bond donors (Lipinski definition) is 1. The van der Waals surface area contributed by atoms with Gasteiger partial charge in [-0.05, 0) is 54.7 Å². The van der Waals surface area contributed by atoms with Crippen molar-refractivity contribution in [1.82, 2.24) is 9.29 Å². The first kappa shape index (κ1) is 26.6. The SMILES string of the molecule is CCCc1sc(NC(=O)C2CCCN2S(=O)(=O)c2ccc(Cl)cc2)nc1-c1ccc(-c2ccccc2)cc1. The fraction of sp³-hybridized carbons (Fsp3) is 0.241. The van der Waals surface area contributed by atoms with E-state index in [2.05, 4.69) is 48.6 Å². The number of carbonyl (C=O) groups is 1. The summed E-state index contributed by atoms with van der Waals surface area (Å²) in [4.78, 5) is 19.3. The third-order valence-electron chi connectivity index (χ3n) is 6.60. The number of halogens is 1. The van der Waals surface area contributed by atoms with Crippen LogP contribution in [0.5, 0.6) is 0 Å². The average Bonchev–Trinajstić information content (AvgIpc) is 3.58. The molecule has 38 heavy (non-hydrogen) atoms. The maximum atomic E-state index is 13.3. The average molecular weight is 566 g/mol. The fourth-order valence-corrected chi connectivity index (χ4v) is 7.57. The molecule has 4 aromatic rings. The van der Waals surface area contributed by atoms with Crippen molar-refractivity contribution < 1.29 is 13.2 Å². The number of anilines is 1. The lowest BCUT2D eigenvalue weighted by Crippen LogP contribution is -2.43. The molecule has 5 rings (SSSR count). The van der Waals surface area contributed by atoms with Crippen molar-refractivity contribution in [3.63, 3.8) is 0 Å². The second kappa shape index (κ2) is 11.4. The third kappa shape index (κ3) is 5.54. The number of rotatable bonds is 8. The molecule has 1 atom stereocenters. The fourth-order valence-electron chi connectivity index (χ4n) is 4.70. The molecule has 0 radical (unpaired) electrons. The number of nitrogens with one attached hydrogen (secondary N) is 1. The number of benzene rings is 3. The van der Waals surface area contributed by atoms with Crippen molar-refractivity contribution in [1.29, 1.82) is 0 Å². The monoisotopic (exact) mass is 565 g/mol. The molecule has 1 aromatic heterocycles. The number of nitrogens with zero attached hydrogens (tertiary/aromatic N) is 2. The summed E-state index contributed by atoms with van der Waals surface area (Å²) in [6.45, 7) is 2.40. The van der Waals surface area contributed by atoms with E-state index in [1.165, 1.54) is 27.8 Å². The van der Waals surface area contributed by atoms with Gasteiger partial charge in [0.2, 0.25) is 15.9 Å². The van der Waals surface area contributed by atoms with Gasteiger partial charge in [-0.3, -0.25) is 4.79 Å². The minimum atomic E-state index is -3.83. The maximum Gasteiger partial charge on any atom is 0.244 e. The molecular weight excluding hydrogens is 538 g/mol. The van der Waals surface area contributed by atoms with E-state index in [-0.39, 0.29) is 10.8 Å². The van der Waals surface area contributed by atoms with E-state index >= 15 is 0 Å². The molecule has 0 bridgehead atoms. The van der Waals surface area contributed by atoms with Gasteiger partial charge in [-0.25, -0.2) is 13.4 Å². The van der Waals surface area contributed by atoms with E-state index < -0.39 is 16.1 Å². The zero-order chi connectivity index (χ0) is 26.7. The second-order valence-corrected chi connectivity index (χ2v) is 12.6. The normalized spacial score (nSPS) is 16.0. The molecule has 196 valence electrons. The van der Waals surface area contributed by atoms with Crippen molar-refractivity contribution in [3.05, 3.63) is 88.8 Å². The summed E-state index contributed by atoms with van der Waals surface area (Å²) in [5.74, 6) is -0.359. The summed E-state index contributed by atoms with van der Waals surface area (Å²) < 4.78 is 27.8. The van der Waals surface area contributed by atoms with Crippen molar-refractivity contribution in [3.8, 4) is 22.4 Å². The van der Waals surface area contributed by atoms with E-state index in [0.717, 1.165) is 40.1 Å². The molecule has 1 saturated heterocycles. The molecule has 1 aliphatic rings. The Morgan fingerprint density at radius 3 is 2.34 bits per heavy atom. The van der Waals surface area contributed by atoms with Crippen LogP contribution < -0.4 is 5.32 Å². The summed E-state index contributed by atoms with van der Waals surface area (Å²) in [5.41, 5.74) is 4.11. The van der Waals surface area contributed by atoms with Gasteiger partial charge in [-0.1, -0.05) is 79.5 Å². The molecular formula is C29H28ClN3O3S2. The van der Waals surface area contributed by atoms with Crippen LogP contribution in [-0.2, 0) is 21.2 Å². The predicted octanol–water partition coefficient (Wildman–Crippen LogP) is 6.87. The van der Waals surface area contributed by atoms with Crippen molar-refractivity contribution in [2.75, 3.05) is 11.9 Å². The Kier molecular flexibility index (Phi) is 7.95. The van der Waals surface area contributed by atoms with E-state index in [4.69, 9.17) is 16.6 Å². The first-order valence-electron chi connectivity index (χ1n) is 12.6. The Labute approximate surface area is 232 Å². The quantitative estimate of drug-likeness (QED) is 0.253. The molecule has 0 aliphatic carbocycles. The Hall–Kier alpha value is -3.04. The van der Waals surface area contributed by atoms with Crippen LogP contribution >= 0.6 is 22.9 Å². The molecule has 6 nitrogen and oxygen atoms in total. The highest BCUT2D eigenvalue weighted by atomic mass is 35.5. The Bertz CT molecular complexity index is 1520. The van der Waals surface area contributed by atoms with Crippen LogP contribution in [0.2, 0.25) is 5.02 Å². The molecule has 0 saturated carbocycles. The minimum Gasteiger partial charge on any atom is -0.301 e. The standard InChI is InChI=1S/C29H28ClN3O3S2/c1-2-7-26-27(22-13-11-21(12-14-22)20-8-4-3-5-9-20)31-29(37-26)32-28(34)25-10-6-19-33(25)38(35,36)24-17-15-23(30)16-18-24/h3-5,8-9,11-18,25H,2,6-7,10,19H2,1H3,(H,31,32,34). The highest BCUT2D eigenvalue weighted by molar-refractivity contribution is 7.89. The smallest absolute Gasteiger partial charge is 0.244 e. The van der Waals surface area contributed by atoms with Gasteiger partial charge in [-0.15, -0.1) is 11.3 Å². The van der Waals surface area contributed by atoms with Crippen LogP contribution in [0.15, 0.2) is 83.8 Å². The number of thiazole rings is 1. The van der Waals surface area contributed by atoms with Gasteiger partial charge in [0.1, 0.15) is 6.04 Å². The zero-order valence-corrected chi connectivity index (χ0v) is 23.3. The van der Waals surface area contributed by atoms with Gasteiger partial charge in [-0.2, -0.15) is 4.31 Å². The number of aryl methyl sites for hydroxylation is 1. The van der Waals surface area contributed by atoms with Gasteiger partial charge in [0.05, 0.1) is 10.6 Å². The third-order valence-corrected chi connectivity index (χ3v) is 9.80. The summed E-state index contributed by atoms with van der Waals surface area (Å²) in [6, 6.07) is 23.7. The van der Waals surface area contributed by atoms with Gasteiger partial charge in [0.25, 0.3) is 0 Å². The van der Waals surface area contributed by atoms with Crippen LogP contribution in [0.1, 0.15) is 31.1 Å². The highest BCUT2D eigenvalue weighted by Crippen LogP contribution is 2.34. The predicted molar refractivity (Wildman–Crippen MR) is 154 cm³/mol. The van der Waals surface area contributed by atoms with Crippen LogP contribution in [0, 0.1) is 0 Å². The second-order valence-electron chi connectivity index (χ2n) is 9.20. The summed E-state index contributed by atoms with van der Waals surface area (Å²) in [6.07, 6.45) is 2.85. The summed E-state index contributed by atoms with van der Waals surface area (Å²) in [5, 5.41) is 3.85. The minimum absolute atomic E-state index is 0.127. The molecule has 1 fully saturated rings. The van der Waals surface area contributed by atoms with Gasteiger partial charge < -0.3 is 5.32 Å². The molecule has 1 aliphatic heterocycles. The molecule has 9 heteroatoms. The lowest BCUT2D eigenvalue weighted by Gasteiger charge is -2.23. The van der Waals surface area contributed by atoms with Crippen molar-refractivity contribution >= 4 is 44.0 Å². The zero-order valence-electron chi connectivity index (χ0n) is 20.9.